The van der Waals surface area contributed by atoms with Gasteiger partial charge in [-0.1, -0.05) is 25.0 Å². The first-order valence-corrected chi connectivity index (χ1v) is 11.0. The van der Waals surface area contributed by atoms with E-state index < -0.39 is 0 Å². The molecule has 0 atom stereocenters. The van der Waals surface area contributed by atoms with Crippen LogP contribution in [0.25, 0.3) is 0 Å². The predicted molar refractivity (Wildman–Crippen MR) is 138 cm³/mol. The van der Waals surface area contributed by atoms with Gasteiger partial charge in [0.1, 0.15) is 0 Å². The highest BCUT2D eigenvalue weighted by Gasteiger charge is 2.22. The summed E-state index contributed by atoms with van der Waals surface area (Å²) in [4.78, 5) is 16.7. The van der Waals surface area contributed by atoms with Crippen molar-refractivity contribution in [1.82, 2.24) is 5.32 Å². The second-order valence-corrected chi connectivity index (χ2v) is 7.93. The molecule has 0 bridgehead atoms. The second-order valence-electron chi connectivity index (χ2n) is 7.93. The number of rotatable bonds is 5. The van der Waals surface area contributed by atoms with Crippen molar-refractivity contribution >= 4 is 47.2 Å². The van der Waals surface area contributed by atoms with Crippen molar-refractivity contribution < 1.29 is 14.3 Å². The summed E-state index contributed by atoms with van der Waals surface area (Å²) < 4.78 is 11.4. The first-order chi connectivity index (χ1) is 15.2. The number of nitrogens with one attached hydrogen (secondary N) is 3. The third kappa shape index (κ3) is 6.51. The van der Waals surface area contributed by atoms with E-state index in [1.54, 1.807) is 7.05 Å². The zero-order chi connectivity index (χ0) is 21.5. The van der Waals surface area contributed by atoms with Gasteiger partial charge in [0.15, 0.2) is 17.5 Å². The van der Waals surface area contributed by atoms with E-state index in [1.165, 1.54) is 0 Å². The second kappa shape index (κ2) is 11.9. The third-order valence-electron chi connectivity index (χ3n) is 5.61. The summed E-state index contributed by atoms with van der Waals surface area (Å²) in [7, 11) is 1.73. The van der Waals surface area contributed by atoms with Gasteiger partial charge in [0.2, 0.25) is 5.91 Å². The largest absolute Gasteiger partial charge is 0.490 e. The summed E-state index contributed by atoms with van der Waals surface area (Å²) in [5.74, 6) is 2.44. The van der Waals surface area contributed by atoms with Gasteiger partial charge < -0.3 is 25.4 Å². The fraction of sp³-hybridized carbons (Fsp3) is 0.417. The average molecular weight is 550 g/mol. The summed E-state index contributed by atoms with van der Waals surface area (Å²) in [6, 6.07) is 13.7. The number of nitrogens with zero attached hydrogens (tertiary/aromatic N) is 1. The van der Waals surface area contributed by atoms with Gasteiger partial charge in [-0.2, -0.15) is 0 Å². The molecule has 32 heavy (non-hydrogen) atoms. The lowest BCUT2D eigenvalue weighted by atomic mass is 10.1. The number of guanidine groups is 1. The topological polar surface area (TPSA) is 84.0 Å². The van der Waals surface area contributed by atoms with Gasteiger partial charge in [0.05, 0.1) is 13.2 Å². The molecule has 1 aliphatic carbocycles. The highest BCUT2D eigenvalue weighted by atomic mass is 127. The van der Waals surface area contributed by atoms with Crippen LogP contribution < -0.4 is 25.4 Å². The number of ether oxygens (including phenoxy) is 2. The monoisotopic (exact) mass is 550 g/mol. The van der Waals surface area contributed by atoms with Crippen molar-refractivity contribution in [2.24, 2.45) is 10.9 Å². The molecule has 1 amide bonds. The lowest BCUT2D eigenvalue weighted by Gasteiger charge is -2.15. The third-order valence-corrected chi connectivity index (χ3v) is 5.61. The fourth-order valence-corrected chi connectivity index (χ4v) is 3.93. The minimum absolute atomic E-state index is 0. The molecule has 1 saturated carbocycles. The Morgan fingerprint density at radius 2 is 1.72 bits per heavy atom. The number of aliphatic imine (C=N–C) groups is 1. The van der Waals surface area contributed by atoms with Crippen LogP contribution in [0.2, 0.25) is 0 Å². The van der Waals surface area contributed by atoms with Crippen molar-refractivity contribution in [3.63, 3.8) is 0 Å². The Hall–Kier alpha value is -2.49. The Bertz CT molecular complexity index is 945. The molecular formula is C24H31IN4O3. The van der Waals surface area contributed by atoms with Crippen LogP contribution in [0.15, 0.2) is 47.5 Å². The minimum atomic E-state index is 0. The lowest BCUT2D eigenvalue weighted by molar-refractivity contribution is -0.119. The van der Waals surface area contributed by atoms with Crippen molar-refractivity contribution in [1.29, 1.82) is 0 Å². The Morgan fingerprint density at radius 1 is 0.969 bits per heavy atom. The molecule has 0 spiro atoms. The zero-order valence-electron chi connectivity index (χ0n) is 18.4. The number of anilines is 2. The number of benzene rings is 2. The molecule has 2 aliphatic rings. The molecule has 1 fully saturated rings. The van der Waals surface area contributed by atoms with Crippen LogP contribution in [-0.4, -0.2) is 32.1 Å². The van der Waals surface area contributed by atoms with Gasteiger partial charge in [-0.3, -0.25) is 9.79 Å². The van der Waals surface area contributed by atoms with E-state index in [4.69, 9.17) is 9.47 Å². The first kappa shape index (κ1) is 24.2. The summed E-state index contributed by atoms with van der Waals surface area (Å²) in [5.41, 5.74) is 2.77. The molecule has 2 aromatic rings. The standard InChI is InChI=1S/C24H30N4O3.HI/c1-25-24(28-20-10-11-21-22(15-20)31-13-5-12-30-21)26-16-17-6-4-9-19(14-17)27-23(29)18-7-2-3-8-18;/h4,6,9-11,14-15,18H,2-3,5,7-8,12-13,16H2,1H3,(H,27,29)(H2,25,26,28);1H. The molecule has 0 saturated heterocycles. The zero-order valence-corrected chi connectivity index (χ0v) is 20.7. The number of hydrogen-bond acceptors (Lipinski definition) is 4. The highest BCUT2D eigenvalue weighted by molar-refractivity contribution is 14.0. The molecule has 2 aromatic carbocycles. The normalized spacial score (nSPS) is 16.0. The smallest absolute Gasteiger partial charge is 0.227 e. The van der Waals surface area contributed by atoms with Gasteiger partial charge in [0, 0.05) is 43.4 Å². The van der Waals surface area contributed by atoms with Crippen molar-refractivity contribution in [3.05, 3.63) is 48.0 Å². The SMILES string of the molecule is CN=C(NCc1cccc(NC(=O)C2CCCC2)c1)Nc1ccc2c(c1)OCCCO2.I. The van der Waals surface area contributed by atoms with Crippen LogP contribution in [0.5, 0.6) is 11.5 Å². The predicted octanol–water partition coefficient (Wildman–Crippen LogP) is 4.78. The van der Waals surface area contributed by atoms with Crippen molar-refractivity contribution in [3.8, 4) is 11.5 Å². The Labute approximate surface area is 206 Å². The molecule has 3 N–H and O–H groups in total. The Balaban J connectivity index is 0.00000289. The van der Waals surface area contributed by atoms with Gasteiger partial charge in [-0.25, -0.2) is 0 Å². The summed E-state index contributed by atoms with van der Waals surface area (Å²) >= 11 is 0. The van der Waals surface area contributed by atoms with Gasteiger partial charge >= 0.3 is 0 Å². The quantitative estimate of drug-likeness (QED) is 0.284. The Kier molecular flexibility index (Phi) is 9.01. The van der Waals surface area contributed by atoms with Crippen LogP contribution >= 0.6 is 24.0 Å². The van der Waals surface area contributed by atoms with Crippen LogP contribution in [0, 0.1) is 5.92 Å². The highest BCUT2D eigenvalue weighted by Crippen LogP contribution is 2.32. The van der Waals surface area contributed by atoms with E-state index in [9.17, 15) is 4.79 Å². The number of carbonyl (C=O) groups is 1. The van der Waals surface area contributed by atoms with E-state index in [2.05, 4.69) is 20.9 Å². The number of halogens is 1. The number of fused-ring (bicyclic) bond motifs is 1. The van der Waals surface area contributed by atoms with Gasteiger partial charge in [-0.05, 0) is 42.7 Å². The Morgan fingerprint density at radius 3 is 2.50 bits per heavy atom. The molecule has 4 rings (SSSR count). The molecule has 0 radical (unpaired) electrons. The molecular weight excluding hydrogens is 519 g/mol. The van der Waals surface area contributed by atoms with Crippen molar-refractivity contribution in [2.75, 3.05) is 30.9 Å². The maximum atomic E-state index is 12.4. The fourth-order valence-electron chi connectivity index (χ4n) is 3.93. The minimum Gasteiger partial charge on any atom is -0.490 e. The first-order valence-electron chi connectivity index (χ1n) is 11.0. The van der Waals surface area contributed by atoms with Gasteiger partial charge in [0.25, 0.3) is 0 Å². The van der Waals surface area contributed by atoms with E-state index >= 15 is 0 Å². The van der Waals surface area contributed by atoms with Crippen LogP contribution in [-0.2, 0) is 11.3 Å². The van der Waals surface area contributed by atoms with Crippen LogP contribution in [0.1, 0.15) is 37.7 Å². The molecule has 8 heteroatoms. The van der Waals surface area contributed by atoms with E-state index in [0.717, 1.165) is 60.5 Å². The number of amides is 1. The van der Waals surface area contributed by atoms with Gasteiger partial charge in [-0.15, -0.1) is 24.0 Å². The van der Waals surface area contributed by atoms with E-state index in [1.807, 2.05) is 42.5 Å². The molecule has 7 nitrogen and oxygen atoms in total. The number of hydrogen-bond donors (Lipinski definition) is 3. The summed E-state index contributed by atoms with van der Waals surface area (Å²) in [5, 5.41) is 9.66. The van der Waals surface area contributed by atoms with Crippen molar-refractivity contribution in [2.45, 2.75) is 38.6 Å². The average Bonchev–Trinajstić information content (AvgIpc) is 3.23. The molecule has 1 aliphatic heterocycles. The summed E-state index contributed by atoms with van der Waals surface area (Å²) in [6.45, 7) is 1.90. The molecule has 1 heterocycles. The molecule has 172 valence electrons. The van der Waals surface area contributed by atoms with Crippen LogP contribution in [0.4, 0.5) is 11.4 Å². The van der Waals surface area contributed by atoms with E-state index in [0.29, 0.717) is 25.7 Å². The molecule has 0 unspecified atom stereocenters. The maximum Gasteiger partial charge on any atom is 0.227 e. The lowest BCUT2D eigenvalue weighted by Crippen LogP contribution is -2.30. The summed E-state index contributed by atoms with van der Waals surface area (Å²) in [6.07, 6.45) is 5.17. The van der Waals surface area contributed by atoms with Crippen LogP contribution in [0.3, 0.4) is 0 Å². The number of carbonyl (C=O) groups excluding carboxylic acids is 1. The maximum absolute atomic E-state index is 12.4. The molecule has 0 aromatic heterocycles. The van der Waals surface area contributed by atoms with E-state index in [-0.39, 0.29) is 35.8 Å².